The van der Waals surface area contributed by atoms with Crippen LogP contribution in [0.5, 0.6) is 11.5 Å². The molecule has 0 bridgehead atoms. The van der Waals surface area contributed by atoms with Crippen molar-refractivity contribution in [3.63, 3.8) is 0 Å². The standard InChI is InChI=1S/C37H38N4O6S/c1-4-38-36(42)34-33(32-20-29(39-46-32)37(43)41-15-17-48-18-16-41)35(47-40-34)28-19-27(24(2)3)30(44-22-25-11-7-5-8-12-25)21-31(28)45-23-26-13-9-6-10-14-26/h5-14,19-21,24H,4,15-18,22-23H2,1-3H3,(H,38,42). The molecule has 1 aliphatic rings. The molecule has 0 atom stereocenters. The summed E-state index contributed by atoms with van der Waals surface area (Å²) in [7, 11) is 0. The molecule has 1 aliphatic heterocycles. The molecule has 0 unspecified atom stereocenters. The molecule has 2 aromatic heterocycles. The van der Waals surface area contributed by atoms with E-state index in [1.54, 1.807) is 11.0 Å². The molecule has 0 saturated carbocycles. The SMILES string of the molecule is CCNC(=O)c1noc(-c2cc(C(C)C)c(OCc3ccccc3)cc2OCc2ccccc2)c1-c1cc(C(=O)N2CCSCC2)no1. The molecule has 48 heavy (non-hydrogen) atoms. The van der Waals surface area contributed by atoms with Gasteiger partial charge in [0.2, 0.25) is 0 Å². The normalized spacial score (nSPS) is 13.0. The molecule has 6 rings (SSSR count). The number of thioether (sulfide) groups is 1. The second kappa shape index (κ2) is 15.2. The van der Waals surface area contributed by atoms with E-state index in [2.05, 4.69) is 29.5 Å². The highest BCUT2D eigenvalue weighted by Gasteiger charge is 2.31. The monoisotopic (exact) mass is 666 g/mol. The number of amides is 2. The molecule has 5 aromatic rings. The van der Waals surface area contributed by atoms with Gasteiger partial charge in [0.1, 0.15) is 30.3 Å². The van der Waals surface area contributed by atoms with Crippen molar-refractivity contribution in [2.24, 2.45) is 0 Å². The topological polar surface area (TPSA) is 120 Å². The molecule has 248 valence electrons. The molecule has 3 aromatic carbocycles. The Hall–Kier alpha value is -5.03. The minimum Gasteiger partial charge on any atom is -0.488 e. The van der Waals surface area contributed by atoms with Gasteiger partial charge in [-0.05, 0) is 35.6 Å². The van der Waals surface area contributed by atoms with Crippen LogP contribution in [0.4, 0.5) is 0 Å². The summed E-state index contributed by atoms with van der Waals surface area (Å²) in [6, 6.07) is 25.1. The first-order valence-electron chi connectivity index (χ1n) is 16.1. The maximum absolute atomic E-state index is 13.3. The van der Waals surface area contributed by atoms with Crippen LogP contribution in [0.15, 0.2) is 87.9 Å². The van der Waals surface area contributed by atoms with E-state index < -0.39 is 5.91 Å². The van der Waals surface area contributed by atoms with Crippen molar-refractivity contribution in [2.75, 3.05) is 31.1 Å². The Morgan fingerprint density at radius 1 is 0.875 bits per heavy atom. The highest BCUT2D eigenvalue weighted by molar-refractivity contribution is 7.99. The van der Waals surface area contributed by atoms with E-state index in [4.69, 9.17) is 18.5 Å². The predicted octanol–water partition coefficient (Wildman–Crippen LogP) is 7.22. The molecule has 11 heteroatoms. The first kappa shape index (κ1) is 32.9. The van der Waals surface area contributed by atoms with Gasteiger partial charge in [0.15, 0.2) is 22.9 Å². The smallest absolute Gasteiger partial charge is 0.276 e. The summed E-state index contributed by atoms with van der Waals surface area (Å²) in [5.41, 5.74) is 3.91. The van der Waals surface area contributed by atoms with E-state index in [-0.39, 0.29) is 46.9 Å². The molecule has 3 heterocycles. The molecule has 1 fully saturated rings. The average Bonchev–Trinajstić information content (AvgIpc) is 3.79. The fourth-order valence-corrected chi connectivity index (χ4v) is 6.35. The fraction of sp³-hybridized carbons (Fsp3) is 0.297. The van der Waals surface area contributed by atoms with Crippen LogP contribution in [0.3, 0.4) is 0 Å². The number of hydrogen-bond acceptors (Lipinski definition) is 9. The average molecular weight is 667 g/mol. The van der Waals surface area contributed by atoms with Gasteiger partial charge in [0.05, 0.1) is 5.56 Å². The maximum atomic E-state index is 13.3. The van der Waals surface area contributed by atoms with Gasteiger partial charge >= 0.3 is 0 Å². The van der Waals surface area contributed by atoms with Crippen LogP contribution in [0.2, 0.25) is 0 Å². The minimum atomic E-state index is -0.446. The lowest BCUT2D eigenvalue weighted by atomic mass is 9.95. The minimum absolute atomic E-state index is 0.0147. The highest BCUT2D eigenvalue weighted by atomic mass is 32.2. The molecule has 0 spiro atoms. The van der Waals surface area contributed by atoms with Gasteiger partial charge in [-0.25, -0.2) is 0 Å². The Morgan fingerprint density at radius 2 is 1.52 bits per heavy atom. The van der Waals surface area contributed by atoms with Gasteiger partial charge in [0.25, 0.3) is 11.8 Å². The molecular formula is C37H38N4O6S. The zero-order valence-electron chi connectivity index (χ0n) is 27.2. The lowest BCUT2D eigenvalue weighted by Gasteiger charge is -2.25. The zero-order chi connectivity index (χ0) is 33.5. The quantitative estimate of drug-likeness (QED) is 0.147. The van der Waals surface area contributed by atoms with Gasteiger partial charge in [-0.2, -0.15) is 11.8 Å². The Labute approximate surface area is 283 Å². The molecular weight excluding hydrogens is 628 g/mol. The van der Waals surface area contributed by atoms with Crippen LogP contribution >= 0.6 is 11.8 Å². The number of aromatic nitrogens is 2. The number of carbonyl (C=O) groups excluding carboxylic acids is 2. The van der Waals surface area contributed by atoms with E-state index in [0.29, 0.717) is 43.3 Å². The molecule has 0 radical (unpaired) electrons. The van der Waals surface area contributed by atoms with E-state index in [9.17, 15) is 9.59 Å². The molecule has 1 N–H and O–H groups in total. The summed E-state index contributed by atoms with van der Waals surface area (Å²) < 4.78 is 24.6. The highest BCUT2D eigenvalue weighted by Crippen LogP contribution is 2.44. The first-order valence-corrected chi connectivity index (χ1v) is 17.2. The van der Waals surface area contributed by atoms with Crippen LogP contribution < -0.4 is 14.8 Å². The Kier molecular flexibility index (Phi) is 10.4. The van der Waals surface area contributed by atoms with E-state index in [0.717, 1.165) is 28.2 Å². The third-order valence-corrected chi connectivity index (χ3v) is 8.91. The first-order chi connectivity index (χ1) is 23.4. The van der Waals surface area contributed by atoms with Gasteiger partial charge in [-0.3, -0.25) is 9.59 Å². The van der Waals surface area contributed by atoms with Crippen molar-refractivity contribution in [3.8, 4) is 34.1 Å². The molecule has 1 saturated heterocycles. The zero-order valence-corrected chi connectivity index (χ0v) is 28.0. The van der Waals surface area contributed by atoms with Crippen molar-refractivity contribution >= 4 is 23.6 Å². The van der Waals surface area contributed by atoms with Crippen molar-refractivity contribution in [1.82, 2.24) is 20.5 Å². The van der Waals surface area contributed by atoms with Gasteiger partial charge in [-0.15, -0.1) is 0 Å². The van der Waals surface area contributed by atoms with Gasteiger partial charge in [-0.1, -0.05) is 84.8 Å². The number of benzene rings is 3. The Bertz CT molecular complexity index is 1850. The van der Waals surface area contributed by atoms with Crippen LogP contribution in [0.25, 0.3) is 22.6 Å². The lowest BCUT2D eigenvalue weighted by Crippen LogP contribution is -2.38. The van der Waals surface area contributed by atoms with E-state index in [1.165, 1.54) is 0 Å². The van der Waals surface area contributed by atoms with E-state index >= 15 is 0 Å². The van der Waals surface area contributed by atoms with Crippen LogP contribution in [0.1, 0.15) is 64.4 Å². The number of rotatable bonds is 12. The summed E-state index contributed by atoms with van der Waals surface area (Å²) in [5, 5.41) is 11.1. The van der Waals surface area contributed by atoms with Crippen molar-refractivity contribution in [3.05, 3.63) is 107 Å². The second-order valence-corrected chi connectivity index (χ2v) is 12.9. The summed E-state index contributed by atoms with van der Waals surface area (Å²) in [4.78, 5) is 28.3. The Balaban J connectivity index is 1.45. The number of carbonyl (C=O) groups is 2. The number of nitrogens with one attached hydrogen (secondary N) is 1. The second-order valence-electron chi connectivity index (χ2n) is 11.7. The van der Waals surface area contributed by atoms with Crippen LogP contribution in [-0.2, 0) is 13.2 Å². The maximum Gasteiger partial charge on any atom is 0.276 e. The van der Waals surface area contributed by atoms with Crippen molar-refractivity contribution in [2.45, 2.75) is 39.9 Å². The van der Waals surface area contributed by atoms with E-state index in [1.807, 2.05) is 91.5 Å². The van der Waals surface area contributed by atoms with Gasteiger partial charge < -0.3 is 28.7 Å². The predicted molar refractivity (Wildman–Crippen MR) is 184 cm³/mol. The summed E-state index contributed by atoms with van der Waals surface area (Å²) >= 11 is 1.81. The van der Waals surface area contributed by atoms with Crippen molar-refractivity contribution in [1.29, 1.82) is 0 Å². The third-order valence-electron chi connectivity index (χ3n) is 7.97. The molecule has 0 aliphatic carbocycles. The molecule has 2 amide bonds. The molecule has 10 nitrogen and oxygen atoms in total. The van der Waals surface area contributed by atoms with Crippen molar-refractivity contribution < 1.29 is 28.1 Å². The number of nitrogens with zero attached hydrogens (tertiary/aromatic N) is 3. The van der Waals surface area contributed by atoms with Crippen LogP contribution in [-0.4, -0.2) is 58.2 Å². The summed E-state index contributed by atoms with van der Waals surface area (Å²) in [5.74, 6) is 2.68. The fourth-order valence-electron chi connectivity index (χ4n) is 5.45. The number of ether oxygens (including phenoxy) is 2. The summed E-state index contributed by atoms with van der Waals surface area (Å²) in [6.45, 7) is 8.26. The summed E-state index contributed by atoms with van der Waals surface area (Å²) in [6.07, 6.45) is 0. The largest absolute Gasteiger partial charge is 0.488 e. The Morgan fingerprint density at radius 3 is 2.15 bits per heavy atom. The van der Waals surface area contributed by atoms with Crippen LogP contribution in [0, 0.1) is 0 Å². The lowest BCUT2D eigenvalue weighted by molar-refractivity contribution is 0.0761. The number of hydrogen-bond donors (Lipinski definition) is 1. The third kappa shape index (κ3) is 7.41. The van der Waals surface area contributed by atoms with Gasteiger partial charge in [0, 0.05) is 43.3 Å².